The molecule has 1 aromatic carbocycles. The zero-order valence-corrected chi connectivity index (χ0v) is 19.7. The first-order valence-electron chi connectivity index (χ1n) is 10.3. The van der Waals surface area contributed by atoms with Gasteiger partial charge in [-0.1, -0.05) is 11.6 Å². The quantitative estimate of drug-likeness (QED) is 0.558. The maximum atomic E-state index is 12.7. The molecular formula is C24H28N2O4S. The van der Waals surface area contributed by atoms with Crippen molar-refractivity contribution in [2.45, 2.75) is 54.5 Å². The molecule has 1 amide bonds. The van der Waals surface area contributed by atoms with Gasteiger partial charge in [0.25, 0.3) is 5.56 Å². The molecule has 2 heterocycles. The van der Waals surface area contributed by atoms with Gasteiger partial charge in [-0.05, 0) is 64.3 Å². The molecule has 0 radical (unpaired) electrons. The molecule has 0 saturated heterocycles. The van der Waals surface area contributed by atoms with Gasteiger partial charge in [-0.3, -0.25) is 9.59 Å². The van der Waals surface area contributed by atoms with Gasteiger partial charge in [0.2, 0.25) is 5.91 Å². The van der Waals surface area contributed by atoms with E-state index in [0.717, 1.165) is 38.0 Å². The van der Waals surface area contributed by atoms with Crippen molar-refractivity contribution in [1.82, 2.24) is 4.57 Å². The smallest absolute Gasteiger partial charge is 0.341 e. The van der Waals surface area contributed by atoms with Gasteiger partial charge in [-0.15, -0.1) is 11.3 Å². The number of pyridine rings is 1. The summed E-state index contributed by atoms with van der Waals surface area (Å²) in [6.07, 6.45) is 0.115. The Morgan fingerprint density at radius 2 is 1.77 bits per heavy atom. The lowest BCUT2D eigenvalue weighted by molar-refractivity contribution is -0.116. The van der Waals surface area contributed by atoms with Gasteiger partial charge in [-0.25, -0.2) is 4.79 Å². The van der Waals surface area contributed by atoms with E-state index in [9.17, 15) is 14.4 Å². The van der Waals surface area contributed by atoms with E-state index in [1.807, 2.05) is 40.7 Å². The van der Waals surface area contributed by atoms with Crippen LogP contribution in [0.15, 0.2) is 23.0 Å². The zero-order chi connectivity index (χ0) is 22.9. The Kier molecular flexibility index (Phi) is 6.65. The number of aryl methyl sites for hydroxylation is 5. The Labute approximate surface area is 185 Å². The van der Waals surface area contributed by atoms with Crippen molar-refractivity contribution in [1.29, 1.82) is 0 Å². The van der Waals surface area contributed by atoms with E-state index in [0.29, 0.717) is 10.6 Å². The minimum absolute atomic E-state index is 0.115. The van der Waals surface area contributed by atoms with Crippen molar-refractivity contribution in [2.24, 2.45) is 0 Å². The average molecular weight is 441 g/mol. The monoisotopic (exact) mass is 440 g/mol. The lowest BCUT2D eigenvalue weighted by Crippen LogP contribution is -2.24. The van der Waals surface area contributed by atoms with Crippen LogP contribution in [0.2, 0.25) is 0 Å². The van der Waals surface area contributed by atoms with Gasteiger partial charge >= 0.3 is 5.97 Å². The number of rotatable bonds is 6. The van der Waals surface area contributed by atoms with Crippen LogP contribution in [0.5, 0.6) is 0 Å². The van der Waals surface area contributed by atoms with Crippen LogP contribution in [0.1, 0.15) is 50.8 Å². The highest BCUT2D eigenvalue weighted by Crippen LogP contribution is 2.33. The van der Waals surface area contributed by atoms with Crippen LogP contribution in [0, 0.1) is 34.6 Å². The van der Waals surface area contributed by atoms with Gasteiger partial charge in [-0.2, -0.15) is 0 Å². The van der Waals surface area contributed by atoms with Gasteiger partial charge < -0.3 is 14.6 Å². The SMILES string of the molecule is CCOC(=O)c1c(NC(=O)CCn2c(=O)cc(C)c3cc(C)cc(C)c32)sc(C)c1C. The first kappa shape index (κ1) is 22.7. The van der Waals surface area contributed by atoms with Crippen molar-refractivity contribution in [2.75, 3.05) is 11.9 Å². The summed E-state index contributed by atoms with van der Waals surface area (Å²) < 4.78 is 6.80. The number of hydrogen-bond donors (Lipinski definition) is 1. The maximum absolute atomic E-state index is 12.7. The Hall–Kier alpha value is -2.93. The van der Waals surface area contributed by atoms with Gasteiger partial charge in [0.05, 0.1) is 17.7 Å². The van der Waals surface area contributed by atoms with Gasteiger partial charge in [0.1, 0.15) is 5.00 Å². The zero-order valence-electron chi connectivity index (χ0n) is 18.8. The Morgan fingerprint density at radius 3 is 2.45 bits per heavy atom. The number of nitrogens with zero attached hydrogens (tertiary/aromatic N) is 1. The van der Waals surface area contributed by atoms with Crippen molar-refractivity contribution in [3.8, 4) is 0 Å². The number of carbonyl (C=O) groups excluding carboxylic acids is 2. The lowest BCUT2D eigenvalue weighted by Gasteiger charge is -2.15. The molecule has 0 atom stereocenters. The van der Waals surface area contributed by atoms with Crippen molar-refractivity contribution in [3.05, 3.63) is 61.2 Å². The summed E-state index contributed by atoms with van der Waals surface area (Å²) in [7, 11) is 0. The molecule has 2 aromatic heterocycles. The van der Waals surface area contributed by atoms with Crippen molar-refractivity contribution >= 4 is 39.1 Å². The summed E-state index contributed by atoms with van der Waals surface area (Å²) in [5, 5.41) is 4.36. The number of fused-ring (bicyclic) bond motifs is 1. The summed E-state index contributed by atoms with van der Waals surface area (Å²) in [5.74, 6) is -0.691. The second-order valence-electron chi connectivity index (χ2n) is 7.80. The molecule has 0 bridgehead atoms. The molecule has 0 fully saturated rings. The predicted octanol–water partition coefficient (Wildman–Crippen LogP) is 4.81. The molecule has 0 spiro atoms. The number of ether oxygens (including phenoxy) is 1. The fraction of sp³-hybridized carbons (Fsp3) is 0.375. The lowest BCUT2D eigenvalue weighted by atomic mass is 10.0. The summed E-state index contributed by atoms with van der Waals surface area (Å²) in [6, 6.07) is 5.72. The third kappa shape index (κ3) is 4.56. The van der Waals surface area contributed by atoms with E-state index >= 15 is 0 Å². The van der Waals surface area contributed by atoms with E-state index in [1.54, 1.807) is 17.6 Å². The summed E-state index contributed by atoms with van der Waals surface area (Å²) in [4.78, 5) is 38.7. The Bertz CT molecular complexity index is 1240. The van der Waals surface area contributed by atoms with E-state index in [2.05, 4.69) is 11.4 Å². The Balaban J connectivity index is 1.86. The van der Waals surface area contributed by atoms with Gasteiger partial charge in [0, 0.05) is 29.3 Å². The molecular weight excluding hydrogens is 412 g/mol. The third-order valence-electron chi connectivity index (χ3n) is 5.43. The average Bonchev–Trinajstić information content (AvgIpc) is 2.95. The van der Waals surface area contributed by atoms with Crippen LogP contribution in [0.4, 0.5) is 5.00 Å². The van der Waals surface area contributed by atoms with Gasteiger partial charge in [0.15, 0.2) is 0 Å². The normalized spacial score (nSPS) is 11.0. The minimum atomic E-state index is -0.439. The molecule has 1 N–H and O–H groups in total. The summed E-state index contributed by atoms with van der Waals surface area (Å²) >= 11 is 1.36. The van der Waals surface area contributed by atoms with E-state index in [1.165, 1.54) is 11.3 Å². The molecule has 31 heavy (non-hydrogen) atoms. The van der Waals surface area contributed by atoms with Crippen LogP contribution in [0.3, 0.4) is 0 Å². The fourth-order valence-corrected chi connectivity index (χ4v) is 4.92. The summed E-state index contributed by atoms with van der Waals surface area (Å²) in [5.41, 5.74) is 5.01. The Morgan fingerprint density at radius 1 is 1.06 bits per heavy atom. The third-order valence-corrected chi connectivity index (χ3v) is 6.55. The highest BCUT2D eigenvalue weighted by Gasteiger charge is 2.22. The molecule has 3 rings (SSSR count). The number of anilines is 1. The molecule has 7 heteroatoms. The number of aromatic nitrogens is 1. The molecule has 0 aliphatic carbocycles. The highest BCUT2D eigenvalue weighted by molar-refractivity contribution is 7.16. The summed E-state index contributed by atoms with van der Waals surface area (Å²) in [6.45, 7) is 12.0. The fourth-order valence-electron chi connectivity index (χ4n) is 3.86. The maximum Gasteiger partial charge on any atom is 0.341 e. The van der Waals surface area contributed by atoms with Crippen LogP contribution in [-0.2, 0) is 16.1 Å². The van der Waals surface area contributed by atoms with Crippen LogP contribution >= 0.6 is 11.3 Å². The topological polar surface area (TPSA) is 77.4 Å². The molecule has 0 aliphatic rings. The number of esters is 1. The molecule has 0 unspecified atom stereocenters. The number of benzene rings is 1. The number of carbonyl (C=O) groups is 2. The molecule has 6 nitrogen and oxygen atoms in total. The second-order valence-corrected chi connectivity index (χ2v) is 9.03. The first-order chi connectivity index (χ1) is 14.6. The second kappa shape index (κ2) is 9.06. The number of thiophene rings is 1. The van der Waals surface area contributed by atoms with Crippen molar-refractivity contribution in [3.63, 3.8) is 0 Å². The van der Waals surface area contributed by atoms with Crippen LogP contribution in [-0.4, -0.2) is 23.1 Å². The predicted molar refractivity (Wildman–Crippen MR) is 125 cm³/mol. The molecule has 3 aromatic rings. The van der Waals surface area contributed by atoms with E-state index in [-0.39, 0.29) is 31.0 Å². The van der Waals surface area contributed by atoms with Crippen LogP contribution < -0.4 is 10.9 Å². The molecule has 0 aliphatic heterocycles. The number of nitrogens with one attached hydrogen (secondary N) is 1. The molecule has 0 saturated carbocycles. The first-order valence-corrected chi connectivity index (χ1v) is 11.1. The number of hydrogen-bond acceptors (Lipinski definition) is 5. The number of amides is 1. The minimum Gasteiger partial charge on any atom is -0.462 e. The largest absolute Gasteiger partial charge is 0.462 e. The van der Waals surface area contributed by atoms with E-state index < -0.39 is 5.97 Å². The van der Waals surface area contributed by atoms with Crippen molar-refractivity contribution < 1.29 is 14.3 Å². The molecule has 164 valence electrons. The van der Waals surface area contributed by atoms with E-state index in [4.69, 9.17) is 4.74 Å². The van der Waals surface area contributed by atoms with Crippen LogP contribution in [0.25, 0.3) is 10.9 Å². The highest BCUT2D eigenvalue weighted by atomic mass is 32.1. The standard InChI is InChI=1S/C24H28N2O4S/c1-7-30-24(29)21-16(5)17(6)31-23(21)25-19(27)8-9-26-20(28)12-14(3)18-11-13(2)10-15(4)22(18)26/h10-12H,7-9H2,1-6H3,(H,25,27).